The van der Waals surface area contributed by atoms with E-state index in [1.54, 1.807) is 12.1 Å². The fourth-order valence-corrected chi connectivity index (χ4v) is 2.28. The molecule has 0 aliphatic rings. The van der Waals surface area contributed by atoms with Gasteiger partial charge in [0.05, 0.1) is 8.96 Å². The summed E-state index contributed by atoms with van der Waals surface area (Å²) in [6.07, 6.45) is 0. The highest BCUT2D eigenvalue weighted by Gasteiger charge is 2.18. The van der Waals surface area contributed by atoms with Gasteiger partial charge in [0.1, 0.15) is 22.9 Å². The normalized spacial score (nSPS) is 10.6. The van der Waals surface area contributed by atoms with Crippen molar-refractivity contribution in [3.63, 3.8) is 0 Å². The second-order valence-electron chi connectivity index (χ2n) is 3.22. The zero-order chi connectivity index (χ0) is 11.9. The SMILES string of the molecule is C=Nc1c(I)c(O)c2c(O)cccc2c1O. The summed E-state index contributed by atoms with van der Waals surface area (Å²) in [5.74, 6) is -0.282. The number of benzene rings is 2. The lowest BCUT2D eigenvalue weighted by atomic mass is 10.1. The first kappa shape index (κ1) is 11.0. The van der Waals surface area contributed by atoms with E-state index < -0.39 is 0 Å². The van der Waals surface area contributed by atoms with Gasteiger partial charge >= 0.3 is 0 Å². The fourth-order valence-electron chi connectivity index (χ4n) is 1.58. The molecule has 0 saturated carbocycles. The van der Waals surface area contributed by atoms with Crippen molar-refractivity contribution in [1.29, 1.82) is 0 Å². The summed E-state index contributed by atoms with van der Waals surface area (Å²) in [6.45, 7) is 3.33. The Morgan fingerprint density at radius 1 is 1.12 bits per heavy atom. The molecule has 0 aliphatic carbocycles. The lowest BCUT2D eigenvalue weighted by Gasteiger charge is -2.10. The number of phenolic OH excluding ortho intramolecular Hbond substituents is 3. The molecule has 0 radical (unpaired) electrons. The molecule has 0 amide bonds. The molecule has 0 heterocycles. The molecule has 0 bridgehead atoms. The molecule has 0 aliphatic heterocycles. The van der Waals surface area contributed by atoms with Crippen molar-refractivity contribution >= 4 is 45.8 Å². The van der Waals surface area contributed by atoms with Crippen LogP contribution in [-0.2, 0) is 0 Å². The smallest absolute Gasteiger partial charge is 0.150 e. The predicted octanol–water partition coefficient (Wildman–Crippen LogP) is 2.89. The Labute approximate surface area is 105 Å². The number of aromatic hydroxyl groups is 3. The maximum Gasteiger partial charge on any atom is 0.150 e. The average Bonchev–Trinajstić information content (AvgIpc) is 2.27. The van der Waals surface area contributed by atoms with Crippen molar-refractivity contribution in [2.45, 2.75) is 0 Å². The molecule has 82 valence electrons. The number of phenols is 3. The third-order valence-corrected chi connectivity index (χ3v) is 3.35. The van der Waals surface area contributed by atoms with Crippen LogP contribution in [0.5, 0.6) is 17.2 Å². The van der Waals surface area contributed by atoms with Crippen LogP contribution in [0, 0.1) is 3.57 Å². The van der Waals surface area contributed by atoms with E-state index in [1.165, 1.54) is 6.07 Å². The van der Waals surface area contributed by atoms with Gasteiger partial charge in [0, 0.05) is 5.39 Å². The molecule has 0 fully saturated rings. The number of hydrogen-bond acceptors (Lipinski definition) is 4. The molecule has 4 nitrogen and oxygen atoms in total. The van der Waals surface area contributed by atoms with E-state index in [2.05, 4.69) is 11.7 Å². The Balaban J connectivity index is 3.07. The van der Waals surface area contributed by atoms with Crippen molar-refractivity contribution in [1.82, 2.24) is 0 Å². The molecule has 0 atom stereocenters. The van der Waals surface area contributed by atoms with Crippen molar-refractivity contribution in [3.8, 4) is 17.2 Å². The Bertz CT molecular complexity index is 596. The van der Waals surface area contributed by atoms with Gasteiger partial charge in [-0.05, 0) is 35.4 Å². The molecule has 2 rings (SSSR count). The van der Waals surface area contributed by atoms with Crippen LogP contribution in [0.4, 0.5) is 5.69 Å². The molecular weight excluding hydrogens is 321 g/mol. The third-order valence-electron chi connectivity index (χ3n) is 2.33. The first-order valence-electron chi connectivity index (χ1n) is 4.39. The summed E-state index contributed by atoms with van der Waals surface area (Å²) in [5, 5.41) is 30.0. The van der Waals surface area contributed by atoms with Gasteiger partial charge in [0.2, 0.25) is 0 Å². The van der Waals surface area contributed by atoms with Gasteiger partial charge in [-0.15, -0.1) is 0 Å². The zero-order valence-electron chi connectivity index (χ0n) is 8.11. The highest BCUT2D eigenvalue weighted by molar-refractivity contribution is 14.1. The van der Waals surface area contributed by atoms with Crippen LogP contribution >= 0.6 is 22.6 Å². The lowest BCUT2D eigenvalue weighted by Crippen LogP contribution is -1.83. The van der Waals surface area contributed by atoms with E-state index in [4.69, 9.17) is 0 Å². The fraction of sp³-hybridized carbons (Fsp3) is 0. The number of aliphatic imine (C=N–C) groups is 1. The predicted molar refractivity (Wildman–Crippen MR) is 70.9 cm³/mol. The van der Waals surface area contributed by atoms with Gasteiger partial charge in [0.25, 0.3) is 0 Å². The number of halogens is 1. The summed E-state index contributed by atoms with van der Waals surface area (Å²) in [6, 6.07) is 4.62. The van der Waals surface area contributed by atoms with Crippen LogP contribution in [0.2, 0.25) is 0 Å². The average molecular weight is 329 g/mol. The molecule has 2 aromatic carbocycles. The second-order valence-corrected chi connectivity index (χ2v) is 4.30. The van der Waals surface area contributed by atoms with Crippen LogP contribution in [0.15, 0.2) is 23.2 Å². The van der Waals surface area contributed by atoms with Gasteiger partial charge < -0.3 is 15.3 Å². The van der Waals surface area contributed by atoms with Crippen molar-refractivity contribution in [3.05, 3.63) is 21.8 Å². The lowest BCUT2D eigenvalue weighted by molar-refractivity contribution is 0.456. The minimum absolute atomic E-state index is 0.0844. The van der Waals surface area contributed by atoms with Crippen molar-refractivity contribution in [2.24, 2.45) is 4.99 Å². The molecule has 3 N–H and O–H groups in total. The summed E-state index contributed by atoms with van der Waals surface area (Å²) in [7, 11) is 0. The Kier molecular flexibility index (Phi) is 2.63. The van der Waals surface area contributed by atoms with Gasteiger partial charge in [0.15, 0.2) is 0 Å². The van der Waals surface area contributed by atoms with Crippen LogP contribution < -0.4 is 0 Å². The van der Waals surface area contributed by atoms with Crippen LogP contribution in [-0.4, -0.2) is 22.0 Å². The maximum atomic E-state index is 9.92. The van der Waals surface area contributed by atoms with E-state index in [1.807, 2.05) is 22.6 Å². The van der Waals surface area contributed by atoms with E-state index in [9.17, 15) is 15.3 Å². The molecule has 0 saturated heterocycles. The molecular formula is C11H8INO3. The molecule has 0 unspecified atom stereocenters. The molecule has 16 heavy (non-hydrogen) atoms. The number of nitrogens with zero attached hydrogens (tertiary/aromatic N) is 1. The maximum absolute atomic E-state index is 9.92. The minimum Gasteiger partial charge on any atom is -0.507 e. The van der Waals surface area contributed by atoms with Gasteiger partial charge in [-0.1, -0.05) is 12.1 Å². The summed E-state index contributed by atoms with van der Waals surface area (Å²) in [5.41, 5.74) is 0.219. The van der Waals surface area contributed by atoms with E-state index >= 15 is 0 Å². The zero-order valence-corrected chi connectivity index (χ0v) is 10.3. The van der Waals surface area contributed by atoms with Crippen LogP contribution in [0.3, 0.4) is 0 Å². The topological polar surface area (TPSA) is 73.1 Å². The van der Waals surface area contributed by atoms with Gasteiger partial charge in [-0.25, -0.2) is 0 Å². The Morgan fingerprint density at radius 2 is 1.81 bits per heavy atom. The Morgan fingerprint density at radius 3 is 2.44 bits per heavy atom. The largest absolute Gasteiger partial charge is 0.507 e. The van der Waals surface area contributed by atoms with Crippen molar-refractivity contribution < 1.29 is 15.3 Å². The number of fused-ring (bicyclic) bond motifs is 1. The molecule has 0 aromatic heterocycles. The summed E-state index contributed by atoms with van der Waals surface area (Å²) in [4.78, 5) is 3.66. The highest BCUT2D eigenvalue weighted by Crippen LogP contribution is 2.47. The Hall–Kier alpha value is -1.50. The number of rotatable bonds is 1. The monoisotopic (exact) mass is 329 g/mol. The molecule has 5 heteroatoms. The molecule has 0 spiro atoms. The first-order chi connectivity index (χ1) is 7.57. The number of hydrogen-bond donors (Lipinski definition) is 3. The van der Waals surface area contributed by atoms with Gasteiger partial charge in [-0.2, -0.15) is 0 Å². The van der Waals surface area contributed by atoms with Gasteiger partial charge in [-0.3, -0.25) is 4.99 Å². The summed E-state index contributed by atoms with van der Waals surface area (Å²) >= 11 is 1.84. The first-order valence-corrected chi connectivity index (χ1v) is 5.47. The van der Waals surface area contributed by atoms with Crippen molar-refractivity contribution in [2.75, 3.05) is 0 Å². The highest BCUT2D eigenvalue weighted by atomic mass is 127. The summed E-state index contributed by atoms with van der Waals surface area (Å²) < 4.78 is 0.360. The molecule has 2 aromatic rings. The van der Waals surface area contributed by atoms with E-state index in [-0.39, 0.29) is 28.3 Å². The third kappa shape index (κ3) is 1.39. The van der Waals surface area contributed by atoms with E-state index in [0.717, 1.165) is 0 Å². The minimum atomic E-state index is -0.103. The standard InChI is InChI=1S/C11H8INO3/c1-13-9-8(12)11(16)7-5(10(9)15)3-2-4-6(7)14/h2-4,14-16H,1H2. The van der Waals surface area contributed by atoms with E-state index in [0.29, 0.717) is 8.96 Å². The van der Waals surface area contributed by atoms with Crippen LogP contribution in [0.1, 0.15) is 0 Å². The quantitative estimate of drug-likeness (QED) is 0.428. The second kappa shape index (κ2) is 3.82. The van der Waals surface area contributed by atoms with Crippen LogP contribution in [0.25, 0.3) is 10.8 Å².